The van der Waals surface area contributed by atoms with Crippen LogP contribution in [0, 0.1) is 0 Å². The number of piperidine rings is 1. The minimum absolute atomic E-state index is 0.0986. The van der Waals surface area contributed by atoms with E-state index >= 15 is 0 Å². The van der Waals surface area contributed by atoms with Crippen LogP contribution in [-0.4, -0.2) is 38.5 Å². The molecule has 0 radical (unpaired) electrons. The third-order valence-electron chi connectivity index (χ3n) is 4.14. The fourth-order valence-electron chi connectivity index (χ4n) is 2.84. The predicted molar refractivity (Wildman–Crippen MR) is 95.6 cm³/mol. The Balaban J connectivity index is 1.98. The number of sulfonamides is 1. The van der Waals surface area contributed by atoms with Gasteiger partial charge >= 0.3 is 6.03 Å². The van der Waals surface area contributed by atoms with Gasteiger partial charge in [0.2, 0.25) is 10.0 Å². The van der Waals surface area contributed by atoms with Crippen molar-refractivity contribution in [1.29, 1.82) is 0 Å². The van der Waals surface area contributed by atoms with Gasteiger partial charge in [-0.1, -0.05) is 13.3 Å². The Labute approximate surface area is 144 Å². The monoisotopic (exact) mass is 353 g/mol. The molecule has 24 heavy (non-hydrogen) atoms. The molecule has 2 N–H and O–H groups in total. The molecule has 1 heterocycles. The van der Waals surface area contributed by atoms with E-state index in [0.717, 1.165) is 38.8 Å². The second-order valence-corrected chi connectivity index (χ2v) is 8.03. The zero-order valence-electron chi connectivity index (χ0n) is 14.4. The third-order valence-corrected chi connectivity index (χ3v) is 5.74. The van der Waals surface area contributed by atoms with Crippen LogP contribution in [0.2, 0.25) is 0 Å². The molecule has 134 valence electrons. The number of hydrogen-bond donors (Lipinski definition) is 2. The average molecular weight is 353 g/mol. The Morgan fingerprint density at radius 1 is 1.17 bits per heavy atom. The van der Waals surface area contributed by atoms with Gasteiger partial charge in [0, 0.05) is 24.8 Å². The van der Waals surface area contributed by atoms with Crippen LogP contribution < -0.4 is 10.0 Å². The molecule has 1 aliphatic heterocycles. The van der Waals surface area contributed by atoms with Gasteiger partial charge in [-0.3, -0.25) is 0 Å². The number of benzene rings is 1. The van der Waals surface area contributed by atoms with E-state index in [0.29, 0.717) is 5.69 Å². The number of carbonyl (C=O) groups is 1. The Hall–Kier alpha value is -1.60. The summed E-state index contributed by atoms with van der Waals surface area (Å²) in [6, 6.07) is 6.07. The maximum Gasteiger partial charge on any atom is 0.321 e. The fraction of sp³-hybridized carbons (Fsp3) is 0.588. The highest BCUT2D eigenvalue weighted by Gasteiger charge is 2.18. The van der Waals surface area contributed by atoms with Crippen molar-refractivity contribution in [3.05, 3.63) is 24.3 Å². The van der Waals surface area contributed by atoms with E-state index in [1.54, 1.807) is 17.0 Å². The van der Waals surface area contributed by atoms with Crippen LogP contribution in [0.5, 0.6) is 0 Å². The third kappa shape index (κ3) is 5.21. The summed E-state index contributed by atoms with van der Waals surface area (Å²) in [6.07, 6.45) is 4.95. The molecule has 1 atom stereocenters. The molecule has 1 saturated heterocycles. The second-order valence-electron chi connectivity index (χ2n) is 6.31. The molecule has 0 aliphatic carbocycles. The minimum Gasteiger partial charge on any atom is -0.325 e. The molecule has 2 rings (SSSR count). The van der Waals surface area contributed by atoms with Gasteiger partial charge in [-0.2, -0.15) is 0 Å². The molecule has 7 heteroatoms. The molecular formula is C17H27N3O3S. The highest BCUT2D eigenvalue weighted by Crippen LogP contribution is 2.16. The normalized spacial score (nSPS) is 16.7. The van der Waals surface area contributed by atoms with Crippen LogP contribution in [0.25, 0.3) is 0 Å². The molecule has 1 aromatic rings. The minimum atomic E-state index is -3.52. The molecule has 2 amide bonds. The highest BCUT2D eigenvalue weighted by molar-refractivity contribution is 7.89. The van der Waals surface area contributed by atoms with Crippen molar-refractivity contribution in [3.8, 4) is 0 Å². The number of rotatable bonds is 6. The topological polar surface area (TPSA) is 78.5 Å². The number of amides is 2. The quantitative estimate of drug-likeness (QED) is 0.824. The summed E-state index contributed by atoms with van der Waals surface area (Å²) in [5.74, 6) is 0. The summed E-state index contributed by atoms with van der Waals surface area (Å²) in [6.45, 7) is 5.42. The summed E-state index contributed by atoms with van der Waals surface area (Å²) < 4.78 is 27.2. The van der Waals surface area contributed by atoms with E-state index in [1.807, 2.05) is 13.8 Å². The standard InChI is InChI=1S/C17H27N3O3S/c1-3-7-14(2)19-24(22,23)16-10-8-15(9-11-16)18-17(21)20-12-5-4-6-13-20/h8-11,14,19H,3-7,12-13H2,1-2H3,(H,18,21)/t14-/m0/s1. The first-order chi connectivity index (χ1) is 11.4. The second kappa shape index (κ2) is 8.48. The maximum absolute atomic E-state index is 12.3. The van der Waals surface area contributed by atoms with Crippen molar-refractivity contribution in [2.75, 3.05) is 18.4 Å². The smallest absolute Gasteiger partial charge is 0.321 e. The van der Waals surface area contributed by atoms with E-state index < -0.39 is 10.0 Å². The first-order valence-corrected chi connectivity index (χ1v) is 10.1. The van der Waals surface area contributed by atoms with E-state index in [4.69, 9.17) is 0 Å². The molecule has 1 aromatic carbocycles. The Bertz CT molecular complexity index is 638. The van der Waals surface area contributed by atoms with Gasteiger partial charge in [0.1, 0.15) is 0 Å². The van der Waals surface area contributed by atoms with Crippen molar-refractivity contribution in [1.82, 2.24) is 9.62 Å². The molecule has 1 fully saturated rings. The number of urea groups is 1. The van der Waals surface area contributed by atoms with Gasteiger partial charge in [0.25, 0.3) is 0 Å². The molecule has 0 unspecified atom stereocenters. The maximum atomic E-state index is 12.3. The van der Waals surface area contributed by atoms with E-state index in [1.165, 1.54) is 18.6 Å². The number of nitrogens with zero attached hydrogens (tertiary/aromatic N) is 1. The number of likely N-dealkylation sites (tertiary alicyclic amines) is 1. The SMILES string of the molecule is CCC[C@H](C)NS(=O)(=O)c1ccc(NC(=O)N2CCCCC2)cc1. The number of hydrogen-bond acceptors (Lipinski definition) is 3. The molecule has 0 aromatic heterocycles. The lowest BCUT2D eigenvalue weighted by atomic mass is 10.1. The largest absolute Gasteiger partial charge is 0.325 e. The fourth-order valence-corrected chi connectivity index (χ4v) is 4.12. The van der Waals surface area contributed by atoms with Crippen LogP contribution in [0.3, 0.4) is 0 Å². The van der Waals surface area contributed by atoms with Gasteiger partial charge in [-0.05, 0) is 56.9 Å². The van der Waals surface area contributed by atoms with Gasteiger partial charge in [0.05, 0.1) is 4.90 Å². The Morgan fingerprint density at radius 2 is 1.79 bits per heavy atom. The first kappa shape index (κ1) is 18.7. The Morgan fingerprint density at radius 3 is 2.38 bits per heavy atom. The number of anilines is 1. The van der Waals surface area contributed by atoms with Crippen molar-refractivity contribution in [3.63, 3.8) is 0 Å². The van der Waals surface area contributed by atoms with Crippen molar-refractivity contribution in [2.45, 2.75) is 56.9 Å². The average Bonchev–Trinajstić information content (AvgIpc) is 2.56. The highest BCUT2D eigenvalue weighted by atomic mass is 32.2. The van der Waals surface area contributed by atoms with Crippen molar-refractivity contribution in [2.24, 2.45) is 0 Å². The Kier molecular flexibility index (Phi) is 6.62. The molecule has 0 saturated carbocycles. The van der Waals surface area contributed by atoms with E-state index in [9.17, 15) is 13.2 Å². The lowest BCUT2D eigenvalue weighted by Crippen LogP contribution is -2.38. The molecule has 1 aliphatic rings. The van der Waals surface area contributed by atoms with Crippen molar-refractivity contribution < 1.29 is 13.2 Å². The lowest BCUT2D eigenvalue weighted by molar-refractivity contribution is 0.200. The zero-order valence-corrected chi connectivity index (χ0v) is 15.2. The van der Waals surface area contributed by atoms with Crippen LogP contribution in [-0.2, 0) is 10.0 Å². The van der Waals surface area contributed by atoms with Crippen LogP contribution in [0.4, 0.5) is 10.5 Å². The van der Waals surface area contributed by atoms with Gasteiger partial charge in [-0.15, -0.1) is 0 Å². The summed E-state index contributed by atoms with van der Waals surface area (Å²) in [4.78, 5) is 14.2. The molecule has 6 nitrogen and oxygen atoms in total. The van der Waals surface area contributed by atoms with Gasteiger partial charge in [-0.25, -0.2) is 17.9 Å². The first-order valence-electron chi connectivity index (χ1n) is 8.60. The van der Waals surface area contributed by atoms with Gasteiger partial charge < -0.3 is 10.2 Å². The summed E-state index contributed by atoms with van der Waals surface area (Å²) in [7, 11) is -3.52. The molecule has 0 spiro atoms. The predicted octanol–water partition coefficient (Wildman–Crippen LogP) is 3.17. The zero-order chi connectivity index (χ0) is 17.6. The van der Waals surface area contributed by atoms with E-state index in [-0.39, 0.29) is 17.0 Å². The van der Waals surface area contributed by atoms with Crippen LogP contribution >= 0.6 is 0 Å². The van der Waals surface area contributed by atoms with Crippen molar-refractivity contribution >= 4 is 21.7 Å². The van der Waals surface area contributed by atoms with Gasteiger partial charge in [0.15, 0.2) is 0 Å². The number of nitrogens with one attached hydrogen (secondary N) is 2. The van der Waals surface area contributed by atoms with Crippen LogP contribution in [0.15, 0.2) is 29.2 Å². The molecule has 0 bridgehead atoms. The summed E-state index contributed by atoms with van der Waals surface area (Å²) >= 11 is 0. The lowest BCUT2D eigenvalue weighted by Gasteiger charge is -2.26. The van der Waals surface area contributed by atoms with E-state index in [2.05, 4.69) is 10.0 Å². The van der Waals surface area contributed by atoms with Crippen LogP contribution in [0.1, 0.15) is 46.0 Å². The number of carbonyl (C=O) groups excluding carboxylic acids is 1. The summed E-state index contributed by atoms with van der Waals surface area (Å²) in [5, 5.41) is 2.82. The summed E-state index contributed by atoms with van der Waals surface area (Å²) in [5.41, 5.74) is 0.603. The molecular weight excluding hydrogens is 326 g/mol.